The molecular weight excluding hydrogens is 260 g/mol. The Hall–Kier alpha value is -1.24. The highest BCUT2D eigenvalue weighted by atomic mass is 32.1. The molecule has 2 aromatic heterocycles. The van der Waals surface area contributed by atoms with E-state index in [0.29, 0.717) is 5.92 Å². The van der Waals surface area contributed by atoms with Crippen LogP contribution in [0, 0.1) is 0 Å². The number of fused-ring (bicyclic) bond motifs is 1. The first-order valence-electron chi connectivity index (χ1n) is 6.40. The Bertz CT molecular complexity index is 537. The maximum absolute atomic E-state index is 5.35. The van der Waals surface area contributed by atoms with Gasteiger partial charge in [0, 0.05) is 44.6 Å². The van der Waals surface area contributed by atoms with Crippen molar-refractivity contribution in [2.75, 3.05) is 20.3 Å². The van der Waals surface area contributed by atoms with E-state index >= 15 is 0 Å². The minimum atomic E-state index is 0.355. The third-order valence-electron chi connectivity index (χ3n) is 3.51. The van der Waals surface area contributed by atoms with E-state index in [1.165, 1.54) is 10.6 Å². The molecule has 0 fully saturated rings. The van der Waals surface area contributed by atoms with E-state index in [4.69, 9.17) is 4.74 Å². The molecule has 1 atom stereocenters. The van der Waals surface area contributed by atoms with Crippen LogP contribution in [0.25, 0.3) is 0 Å². The summed E-state index contributed by atoms with van der Waals surface area (Å²) in [5.74, 6) is 0.355. The summed E-state index contributed by atoms with van der Waals surface area (Å²) in [5, 5.41) is 10.6. The first-order valence-corrected chi connectivity index (χ1v) is 7.28. The maximum atomic E-state index is 5.35. The SMILES string of the molecule is COC[C@H]1CN(Cc2cccs2)Cc2nnn(C)c21. The zero-order valence-electron chi connectivity index (χ0n) is 11.2. The second kappa shape index (κ2) is 5.40. The average Bonchev–Trinajstić information content (AvgIpc) is 3.00. The van der Waals surface area contributed by atoms with Gasteiger partial charge in [0.25, 0.3) is 0 Å². The van der Waals surface area contributed by atoms with Crippen molar-refractivity contribution in [1.82, 2.24) is 19.9 Å². The molecule has 0 radical (unpaired) electrons. The first-order chi connectivity index (χ1) is 9.28. The molecule has 0 amide bonds. The third kappa shape index (κ3) is 2.56. The summed E-state index contributed by atoms with van der Waals surface area (Å²) in [6.45, 7) is 3.57. The van der Waals surface area contributed by atoms with Crippen LogP contribution in [0.4, 0.5) is 0 Å². The first kappa shape index (κ1) is 12.8. The van der Waals surface area contributed by atoms with Gasteiger partial charge >= 0.3 is 0 Å². The van der Waals surface area contributed by atoms with E-state index in [1.54, 1.807) is 18.4 Å². The minimum Gasteiger partial charge on any atom is -0.384 e. The predicted octanol–water partition coefficient (Wildman–Crippen LogP) is 1.62. The van der Waals surface area contributed by atoms with Crippen LogP contribution in [0.5, 0.6) is 0 Å². The summed E-state index contributed by atoms with van der Waals surface area (Å²) in [6.07, 6.45) is 0. The molecule has 6 heteroatoms. The lowest BCUT2D eigenvalue weighted by atomic mass is 9.99. The molecule has 0 unspecified atom stereocenters. The second-order valence-corrected chi connectivity index (χ2v) is 5.98. The maximum Gasteiger partial charge on any atom is 0.100 e. The molecule has 3 rings (SSSR count). The smallest absolute Gasteiger partial charge is 0.100 e. The summed E-state index contributed by atoms with van der Waals surface area (Å²) in [4.78, 5) is 3.82. The monoisotopic (exact) mass is 278 g/mol. The van der Waals surface area contributed by atoms with Crippen molar-refractivity contribution in [2.45, 2.75) is 19.0 Å². The normalized spacial score (nSPS) is 19.6. The highest BCUT2D eigenvalue weighted by Crippen LogP contribution is 2.28. The van der Waals surface area contributed by atoms with Crippen molar-refractivity contribution in [2.24, 2.45) is 7.05 Å². The quantitative estimate of drug-likeness (QED) is 0.852. The molecule has 3 heterocycles. The largest absolute Gasteiger partial charge is 0.384 e. The van der Waals surface area contributed by atoms with Crippen molar-refractivity contribution >= 4 is 11.3 Å². The van der Waals surface area contributed by atoms with Crippen molar-refractivity contribution in [3.8, 4) is 0 Å². The topological polar surface area (TPSA) is 43.2 Å². The fourth-order valence-corrected chi connectivity index (χ4v) is 3.52. The van der Waals surface area contributed by atoms with Crippen molar-refractivity contribution in [3.63, 3.8) is 0 Å². The van der Waals surface area contributed by atoms with E-state index < -0.39 is 0 Å². The Morgan fingerprint density at radius 2 is 2.42 bits per heavy atom. The van der Waals surface area contributed by atoms with E-state index in [2.05, 4.69) is 32.7 Å². The number of hydrogen-bond donors (Lipinski definition) is 0. The Morgan fingerprint density at radius 1 is 1.53 bits per heavy atom. The van der Waals surface area contributed by atoms with Crippen LogP contribution in [0.2, 0.25) is 0 Å². The molecule has 0 saturated carbocycles. The summed E-state index contributed by atoms with van der Waals surface area (Å²) < 4.78 is 7.24. The molecule has 0 bridgehead atoms. The lowest BCUT2D eigenvalue weighted by Crippen LogP contribution is -2.35. The number of nitrogens with zero attached hydrogens (tertiary/aromatic N) is 4. The molecule has 0 saturated heterocycles. The highest BCUT2D eigenvalue weighted by Gasteiger charge is 2.29. The Balaban J connectivity index is 1.80. The fraction of sp³-hybridized carbons (Fsp3) is 0.538. The molecule has 5 nitrogen and oxygen atoms in total. The molecule has 19 heavy (non-hydrogen) atoms. The van der Waals surface area contributed by atoms with Crippen LogP contribution >= 0.6 is 11.3 Å². The van der Waals surface area contributed by atoms with Gasteiger partial charge in [-0.3, -0.25) is 9.58 Å². The van der Waals surface area contributed by atoms with Gasteiger partial charge in [0.2, 0.25) is 0 Å². The van der Waals surface area contributed by atoms with Crippen molar-refractivity contribution in [1.29, 1.82) is 0 Å². The standard InChI is InChI=1S/C13H18N4OS/c1-16-13-10(9-18-2)6-17(8-12(13)14-15-16)7-11-4-3-5-19-11/h3-5,10H,6-9H2,1-2H3/t10-/m1/s1. The Labute approximate surface area is 116 Å². The lowest BCUT2D eigenvalue weighted by Gasteiger charge is -2.31. The van der Waals surface area contributed by atoms with Crippen LogP contribution in [-0.4, -0.2) is 40.2 Å². The van der Waals surface area contributed by atoms with Gasteiger partial charge in [-0.05, 0) is 11.4 Å². The van der Waals surface area contributed by atoms with Gasteiger partial charge in [0.05, 0.1) is 12.3 Å². The molecular formula is C13H18N4OS. The number of hydrogen-bond acceptors (Lipinski definition) is 5. The highest BCUT2D eigenvalue weighted by molar-refractivity contribution is 7.09. The number of rotatable bonds is 4. The summed E-state index contributed by atoms with van der Waals surface area (Å²) in [7, 11) is 3.71. The third-order valence-corrected chi connectivity index (χ3v) is 4.37. The van der Waals surface area contributed by atoms with E-state index in [9.17, 15) is 0 Å². The van der Waals surface area contributed by atoms with Crippen molar-refractivity contribution < 1.29 is 4.74 Å². The molecule has 0 N–H and O–H groups in total. The van der Waals surface area contributed by atoms with Gasteiger partial charge in [0.15, 0.2) is 0 Å². The van der Waals surface area contributed by atoms with Gasteiger partial charge in [-0.1, -0.05) is 11.3 Å². The summed E-state index contributed by atoms with van der Waals surface area (Å²) >= 11 is 1.80. The van der Waals surface area contributed by atoms with Crippen LogP contribution in [0.3, 0.4) is 0 Å². The number of aromatic nitrogens is 3. The number of thiophene rings is 1. The Morgan fingerprint density at radius 3 is 3.16 bits per heavy atom. The van der Waals surface area contributed by atoms with Gasteiger partial charge in [-0.2, -0.15) is 0 Å². The lowest BCUT2D eigenvalue weighted by molar-refractivity contribution is 0.132. The zero-order chi connectivity index (χ0) is 13.2. The van der Waals surface area contributed by atoms with Gasteiger partial charge in [0.1, 0.15) is 5.69 Å². The van der Waals surface area contributed by atoms with Crippen molar-refractivity contribution in [3.05, 3.63) is 33.8 Å². The molecule has 1 aliphatic heterocycles. The van der Waals surface area contributed by atoms with E-state index in [-0.39, 0.29) is 0 Å². The molecule has 0 spiro atoms. The minimum absolute atomic E-state index is 0.355. The second-order valence-electron chi connectivity index (χ2n) is 4.95. The molecule has 2 aromatic rings. The molecule has 1 aliphatic rings. The molecule has 0 aromatic carbocycles. The van der Waals surface area contributed by atoms with Crippen LogP contribution in [-0.2, 0) is 24.9 Å². The summed E-state index contributed by atoms with van der Waals surface area (Å²) in [5.41, 5.74) is 2.32. The van der Waals surface area contributed by atoms with E-state index in [0.717, 1.165) is 31.9 Å². The molecule has 102 valence electrons. The number of aryl methyl sites for hydroxylation is 1. The average molecular weight is 278 g/mol. The zero-order valence-corrected chi connectivity index (χ0v) is 12.1. The summed E-state index contributed by atoms with van der Waals surface area (Å²) in [6, 6.07) is 4.28. The van der Waals surface area contributed by atoms with Gasteiger partial charge < -0.3 is 4.74 Å². The van der Waals surface area contributed by atoms with E-state index in [1.807, 2.05) is 11.7 Å². The van der Waals surface area contributed by atoms with Gasteiger partial charge in [-0.15, -0.1) is 16.4 Å². The van der Waals surface area contributed by atoms with Gasteiger partial charge in [-0.25, -0.2) is 0 Å². The van der Waals surface area contributed by atoms with Crippen LogP contribution in [0.15, 0.2) is 17.5 Å². The Kier molecular flexibility index (Phi) is 3.63. The fourth-order valence-electron chi connectivity index (χ4n) is 2.77. The van der Waals surface area contributed by atoms with Crippen LogP contribution < -0.4 is 0 Å². The molecule has 0 aliphatic carbocycles. The van der Waals surface area contributed by atoms with Crippen LogP contribution in [0.1, 0.15) is 22.2 Å². The predicted molar refractivity (Wildman–Crippen MR) is 74.1 cm³/mol. The number of ether oxygens (including phenoxy) is 1. The number of methoxy groups -OCH3 is 1.